The van der Waals surface area contributed by atoms with E-state index in [0.29, 0.717) is 0 Å². The standard InChI is InChI=1S/C10H8IN3O2/c11-7-8(15)13-10(14-9(7)16)12-6-4-2-1-3-5-6/h1-5H,(H3,12,13,14,15,16). The fourth-order valence-corrected chi connectivity index (χ4v) is 1.42. The molecular formula is C10H8IN3O2. The van der Waals surface area contributed by atoms with E-state index >= 15 is 0 Å². The van der Waals surface area contributed by atoms with Crippen molar-refractivity contribution in [3.63, 3.8) is 0 Å². The second kappa shape index (κ2) is 4.52. The summed E-state index contributed by atoms with van der Waals surface area (Å²) >= 11 is 1.73. The van der Waals surface area contributed by atoms with E-state index < -0.39 is 0 Å². The van der Waals surface area contributed by atoms with Crippen LogP contribution in [-0.2, 0) is 0 Å². The maximum Gasteiger partial charge on any atom is 0.269 e. The van der Waals surface area contributed by atoms with E-state index in [1.165, 1.54) is 0 Å². The fourth-order valence-electron chi connectivity index (χ4n) is 1.16. The fraction of sp³-hybridized carbons (Fsp3) is 0. The van der Waals surface area contributed by atoms with Crippen LogP contribution in [0.25, 0.3) is 0 Å². The Bertz CT molecular complexity index is 554. The highest BCUT2D eigenvalue weighted by atomic mass is 127. The Labute approximate surface area is 105 Å². The first-order valence-electron chi connectivity index (χ1n) is 4.47. The molecule has 1 aromatic carbocycles. The molecule has 0 amide bonds. The van der Waals surface area contributed by atoms with E-state index in [2.05, 4.69) is 15.3 Å². The number of aromatic hydroxyl groups is 1. The molecule has 16 heavy (non-hydrogen) atoms. The zero-order valence-electron chi connectivity index (χ0n) is 8.07. The summed E-state index contributed by atoms with van der Waals surface area (Å²) in [7, 11) is 0. The number of nitrogens with zero attached hydrogens (tertiary/aromatic N) is 1. The minimum atomic E-state index is -0.369. The van der Waals surface area contributed by atoms with Gasteiger partial charge in [-0.1, -0.05) is 18.2 Å². The lowest BCUT2D eigenvalue weighted by atomic mass is 10.3. The molecule has 2 rings (SSSR count). The van der Waals surface area contributed by atoms with Gasteiger partial charge in [0, 0.05) is 5.69 Å². The topological polar surface area (TPSA) is 78.0 Å². The maximum absolute atomic E-state index is 11.3. The van der Waals surface area contributed by atoms with Crippen LogP contribution in [-0.4, -0.2) is 15.1 Å². The van der Waals surface area contributed by atoms with Crippen LogP contribution >= 0.6 is 22.6 Å². The minimum absolute atomic E-state index is 0.177. The molecule has 0 saturated heterocycles. The van der Waals surface area contributed by atoms with Crippen LogP contribution in [0.2, 0.25) is 0 Å². The molecule has 0 atom stereocenters. The Morgan fingerprint density at radius 1 is 1.31 bits per heavy atom. The highest BCUT2D eigenvalue weighted by Crippen LogP contribution is 2.15. The average molecular weight is 329 g/mol. The van der Waals surface area contributed by atoms with Crippen LogP contribution in [0.4, 0.5) is 11.6 Å². The van der Waals surface area contributed by atoms with Crippen molar-refractivity contribution in [1.82, 2.24) is 9.97 Å². The maximum atomic E-state index is 11.3. The summed E-state index contributed by atoms with van der Waals surface area (Å²) in [5.74, 6) is -0.0584. The first kappa shape index (κ1) is 10.9. The molecule has 6 heteroatoms. The lowest BCUT2D eigenvalue weighted by Gasteiger charge is -2.05. The zero-order chi connectivity index (χ0) is 11.5. The van der Waals surface area contributed by atoms with Gasteiger partial charge in [-0.15, -0.1) is 0 Å². The smallest absolute Gasteiger partial charge is 0.269 e. The van der Waals surface area contributed by atoms with Crippen LogP contribution in [0, 0.1) is 3.57 Å². The van der Waals surface area contributed by atoms with Crippen LogP contribution in [0.1, 0.15) is 0 Å². The number of nitrogens with one attached hydrogen (secondary N) is 2. The van der Waals surface area contributed by atoms with Crippen molar-refractivity contribution in [3.8, 4) is 5.88 Å². The summed E-state index contributed by atoms with van der Waals surface area (Å²) in [4.78, 5) is 17.7. The van der Waals surface area contributed by atoms with Crippen molar-refractivity contribution >= 4 is 34.2 Å². The van der Waals surface area contributed by atoms with E-state index in [1.807, 2.05) is 30.3 Å². The number of H-pyrrole nitrogens is 1. The van der Waals surface area contributed by atoms with Crippen LogP contribution < -0.4 is 10.9 Å². The summed E-state index contributed by atoms with van der Waals surface area (Å²) in [6, 6.07) is 9.25. The average Bonchev–Trinajstić information content (AvgIpc) is 2.27. The van der Waals surface area contributed by atoms with Gasteiger partial charge >= 0.3 is 0 Å². The molecule has 2 aromatic rings. The van der Waals surface area contributed by atoms with Crippen molar-refractivity contribution < 1.29 is 5.11 Å². The molecule has 0 unspecified atom stereocenters. The number of hydrogen-bond donors (Lipinski definition) is 3. The molecule has 0 bridgehead atoms. The predicted molar refractivity (Wildman–Crippen MR) is 69.0 cm³/mol. The Hall–Kier alpha value is -1.57. The largest absolute Gasteiger partial charge is 0.492 e. The number of aromatic nitrogens is 2. The van der Waals surface area contributed by atoms with Crippen molar-refractivity contribution in [3.05, 3.63) is 44.3 Å². The van der Waals surface area contributed by atoms with Crippen LogP contribution in [0.3, 0.4) is 0 Å². The lowest BCUT2D eigenvalue weighted by Crippen LogP contribution is -2.13. The number of anilines is 2. The molecule has 0 aliphatic heterocycles. The van der Waals surface area contributed by atoms with Crippen molar-refractivity contribution in [2.24, 2.45) is 0 Å². The van der Waals surface area contributed by atoms with E-state index in [0.717, 1.165) is 5.69 Å². The van der Waals surface area contributed by atoms with Crippen molar-refractivity contribution in [2.75, 3.05) is 5.32 Å². The summed E-state index contributed by atoms with van der Waals surface area (Å²) in [6.07, 6.45) is 0. The normalized spacial score (nSPS) is 10.1. The van der Waals surface area contributed by atoms with Gasteiger partial charge in [-0.2, -0.15) is 4.98 Å². The molecule has 0 fully saturated rings. The number of para-hydroxylation sites is 1. The van der Waals surface area contributed by atoms with E-state index in [9.17, 15) is 9.90 Å². The quantitative estimate of drug-likeness (QED) is 0.735. The summed E-state index contributed by atoms with van der Waals surface area (Å²) in [6.45, 7) is 0. The molecule has 1 aromatic heterocycles. The van der Waals surface area contributed by atoms with Crippen LogP contribution in [0.15, 0.2) is 35.1 Å². The van der Waals surface area contributed by atoms with Gasteiger partial charge in [0.05, 0.1) is 0 Å². The van der Waals surface area contributed by atoms with Gasteiger partial charge in [-0.05, 0) is 34.7 Å². The number of halogens is 1. The second-order valence-electron chi connectivity index (χ2n) is 3.04. The monoisotopic (exact) mass is 329 g/mol. The third-order valence-electron chi connectivity index (χ3n) is 1.88. The van der Waals surface area contributed by atoms with Gasteiger partial charge in [0.15, 0.2) is 0 Å². The molecule has 0 spiro atoms. The van der Waals surface area contributed by atoms with Gasteiger partial charge in [0.2, 0.25) is 11.8 Å². The Balaban J connectivity index is 2.33. The second-order valence-corrected chi connectivity index (χ2v) is 4.12. The molecule has 0 saturated carbocycles. The lowest BCUT2D eigenvalue weighted by molar-refractivity contribution is 0.447. The number of benzene rings is 1. The number of rotatable bonds is 2. The molecular weight excluding hydrogens is 321 g/mol. The van der Waals surface area contributed by atoms with E-state index in [4.69, 9.17) is 0 Å². The van der Waals surface area contributed by atoms with Crippen molar-refractivity contribution in [2.45, 2.75) is 0 Å². The molecule has 0 aliphatic rings. The highest BCUT2D eigenvalue weighted by molar-refractivity contribution is 14.1. The van der Waals surface area contributed by atoms with Gasteiger partial charge in [0.1, 0.15) is 3.57 Å². The Morgan fingerprint density at radius 2 is 2.00 bits per heavy atom. The van der Waals surface area contributed by atoms with Gasteiger partial charge < -0.3 is 10.4 Å². The Kier molecular flexibility index (Phi) is 3.09. The molecule has 0 aliphatic carbocycles. The third kappa shape index (κ3) is 2.32. The zero-order valence-corrected chi connectivity index (χ0v) is 10.2. The predicted octanol–water partition coefficient (Wildman–Crippen LogP) is 1.82. The SMILES string of the molecule is O=c1[nH]c(Nc2ccccc2)nc(O)c1I. The summed E-state index contributed by atoms with van der Waals surface area (Å²) in [5, 5.41) is 12.3. The van der Waals surface area contributed by atoms with Gasteiger partial charge in [-0.3, -0.25) is 9.78 Å². The molecule has 1 heterocycles. The third-order valence-corrected chi connectivity index (χ3v) is 2.85. The number of aromatic amines is 1. The van der Waals surface area contributed by atoms with Gasteiger partial charge in [-0.25, -0.2) is 0 Å². The van der Waals surface area contributed by atoms with E-state index in [1.54, 1.807) is 22.6 Å². The van der Waals surface area contributed by atoms with Gasteiger partial charge in [0.25, 0.3) is 5.56 Å². The Morgan fingerprint density at radius 3 is 2.62 bits per heavy atom. The minimum Gasteiger partial charge on any atom is -0.492 e. The molecule has 0 radical (unpaired) electrons. The summed E-state index contributed by atoms with van der Waals surface area (Å²) in [5.41, 5.74) is 0.415. The van der Waals surface area contributed by atoms with Crippen LogP contribution in [0.5, 0.6) is 5.88 Å². The van der Waals surface area contributed by atoms with E-state index in [-0.39, 0.29) is 21.0 Å². The molecule has 82 valence electrons. The first-order chi connectivity index (χ1) is 7.66. The molecule has 3 N–H and O–H groups in total. The highest BCUT2D eigenvalue weighted by Gasteiger charge is 2.06. The first-order valence-corrected chi connectivity index (χ1v) is 5.55. The molecule has 5 nitrogen and oxygen atoms in total. The summed E-state index contributed by atoms with van der Waals surface area (Å²) < 4.78 is 0.177. The van der Waals surface area contributed by atoms with Crippen molar-refractivity contribution in [1.29, 1.82) is 0 Å². The number of hydrogen-bond acceptors (Lipinski definition) is 4.